The van der Waals surface area contributed by atoms with Crippen LogP contribution < -0.4 is 5.32 Å². The van der Waals surface area contributed by atoms with E-state index in [1.807, 2.05) is 11.3 Å². The Hall–Kier alpha value is -0.940. The lowest BCUT2D eigenvalue weighted by atomic mass is 9.93. The predicted molar refractivity (Wildman–Crippen MR) is 87.8 cm³/mol. The average molecular weight is 319 g/mol. The van der Waals surface area contributed by atoms with E-state index < -0.39 is 0 Å². The maximum Gasteiger partial charge on any atom is 0.225 e. The molecule has 2 heterocycles. The van der Waals surface area contributed by atoms with Crippen molar-refractivity contribution in [1.29, 1.82) is 0 Å². The molecule has 5 heteroatoms. The molecule has 0 unspecified atom stereocenters. The number of carbonyl (C=O) groups excluding carboxylic acids is 1. The molecule has 4 rings (SSSR count). The Kier molecular flexibility index (Phi) is 3.95. The van der Waals surface area contributed by atoms with Crippen molar-refractivity contribution in [2.75, 3.05) is 13.1 Å². The second kappa shape index (κ2) is 5.93. The van der Waals surface area contributed by atoms with Gasteiger partial charge in [-0.05, 0) is 38.0 Å². The molecule has 3 aliphatic rings. The minimum atomic E-state index is 0.354. The smallest absolute Gasteiger partial charge is 0.225 e. The van der Waals surface area contributed by atoms with E-state index in [-0.39, 0.29) is 0 Å². The van der Waals surface area contributed by atoms with E-state index in [9.17, 15) is 4.79 Å². The maximum atomic E-state index is 12.2. The van der Waals surface area contributed by atoms with Crippen LogP contribution in [-0.4, -0.2) is 34.9 Å². The topological polar surface area (TPSA) is 45.2 Å². The van der Waals surface area contributed by atoms with Crippen LogP contribution in [0.1, 0.15) is 55.6 Å². The van der Waals surface area contributed by atoms with E-state index in [2.05, 4.69) is 22.5 Å². The third kappa shape index (κ3) is 3.20. The van der Waals surface area contributed by atoms with Gasteiger partial charge < -0.3 is 10.2 Å². The molecule has 1 aromatic heterocycles. The van der Waals surface area contributed by atoms with Gasteiger partial charge >= 0.3 is 0 Å². The number of nitrogens with one attached hydrogen (secondary N) is 1. The molecule has 4 nitrogen and oxygen atoms in total. The van der Waals surface area contributed by atoms with Crippen LogP contribution in [0.25, 0.3) is 0 Å². The molecule has 2 atom stereocenters. The van der Waals surface area contributed by atoms with Crippen LogP contribution in [0.4, 0.5) is 0 Å². The zero-order chi connectivity index (χ0) is 15.1. The molecule has 0 spiro atoms. The van der Waals surface area contributed by atoms with Crippen molar-refractivity contribution < 1.29 is 4.79 Å². The van der Waals surface area contributed by atoms with Crippen molar-refractivity contribution in [2.45, 2.75) is 57.5 Å². The molecule has 0 aromatic carbocycles. The van der Waals surface area contributed by atoms with E-state index in [0.29, 0.717) is 23.8 Å². The van der Waals surface area contributed by atoms with Gasteiger partial charge in [0.15, 0.2) is 0 Å². The second-order valence-corrected chi connectivity index (χ2v) is 8.15. The molecule has 1 saturated heterocycles. The zero-order valence-electron chi connectivity index (χ0n) is 13.3. The highest BCUT2D eigenvalue weighted by atomic mass is 32.1. The lowest BCUT2D eigenvalue weighted by molar-refractivity contribution is -0.134. The van der Waals surface area contributed by atoms with Gasteiger partial charge in [0, 0.05) is 42.9 Å². The summed E-state index contributed by atoms with van der Waals surface area (Å²) in [5.74, 6) is 2.04. The molecule has 22 heavy (non-hydrogen) atoms. The molecule has 2 saturated carbocycles. The maximum absolute atomic E-state index is 12.2. The largest absolute Gasteiger partial charge is 0.342 e. The summed E-state index contributed by atoms with van der Waals surface area (Å²) in [6, 6.07) is 0.509. The Morgan fingerprint density at radius 1 is 1.36 bits per heavy atom. The predicted octanol–water partition coefficient (Wildman–Crippen LogP) is 2.76. The lowest BCUT2D eigenvalue weighted by Crippen LogP contribution is -2.50. The van der Waals surface area contributed by atoms with Gasteiger partial charge in [0.2, 0.25) is 5.91 Å². The number of carbonyl (C=O) groups is 1. The summed E-state index contributed by atoms with van der Waals surface area (Å²) in [6.07, 6.45) is 5.94. The number of piperidine rings is 1. The summed E-state index contributed by atoms with van der Waals surface area (Å²) in [5, 5.41) is 7.20. The van der Waals surface area contributed by atoms with Crippen LogP contribution in [0, 0.1) is 11.8 Å². The summed E-state index contributed by atoms with van der Waals surface area (Å²) < 4.78 is 0. The molecule has 1 aromatic rings. The first-order chi connectivity index (χ1) is 10.7. The van der Waals surface area contributed by atoms with Crippen molar-refractivity contribution in [3.8, 4) is 0 Å². The number of hydrogen-bond acceptors (Lipinski definition) is 4. The summed E-state index contributed by atoms with van der Waals surface area (Å²) in [7, 11) is 0. The van der Waals surface area contributed by atoms with Crippen LogP contribution >= 0.6 is 11.3 Å². The second-order valence-electron chi connectivity index (χ2n) is 7.26. The van der Waals surface area contributed by atoms with Gasteiger partial charge in [-0.1, -0.05) is 6.92 Å². The third-order valence-corrected chi connectivity index (χ3v) is 6.24. The molecular weight excluding hydrogens is 294 g/mol. The fraction of sp³-hybridized carbons (Fsp3) is 0.765. The van der Waals surface area contributed by atoms with Crippen molar-refractivity contribution in [2.24, 2.45) is 11.8 Å². The molecule has 2 aliphatic carbocycles. The number of amides is 1. The third-order valence-electron chi connectivity index (χ3n) is 5.19. The molecule has 1 aliphatic heterocycles. The Bertz CT molecular complexity index is 550. The minimum absolute atomic E-state index is 0.354. The number of nitrogens with zero attached hydrogens (tertiary/aromatic N) is 2. The average Bonchev–Trinajstić information content (AvgIpc) is 3.44. The van der Waals surface area contributed by atoms with Gasteiger partial charge in [-0.25, -0.2) is 4.98 Å². The Labute approximate surface area is 136 Å². The number of likely N-dealkylation sites (tertiary alicyclic amines) is 1. The first kappa shape index (κ1) is 14.6. The van der Waals surface area contributed by atoms with Crippen molar-refractivity contribution in [3.63, 3.8) is 0 Å². The molecular formula is C17H25N3OS. The van der Waals surface area contributed by atoms with Crippen LogP contribution in [0.2, 0.25) is 0 Å². The summed E-state index contributed by atoms with van der Waals surface area (Å²) in [6.45, 7) is 4.97. The van der Waals surface area contributed by atoms with Crippen LogP contribution in [0.5, 0.6) is 0 Å². The zero-order valence-corrected chi connectivity index (χ0v) is 14.1. The molecule has 0 radical (unpaired) electrons. The molecule has 1 amide bonds. The highest BCUT2D eigenvalue weighted by molar-refractivity contribution is 7.09. The Balaban J connectivity index is 1.27. The summed E-state index contributed by atoms with van der Waals surface area (Å²) >= 11 is 1.82. The van der Waals surface area contributed by atoms with E-state index in [1.54, 1.807) is 0 Å². The summed E-state index contributed by atoms with van der Waals surface area (Å²) in [5.41, 5.74) is 1.19. The van der Waals surface area contributed by atoms with Gasteiger partial charge in [-0.3, -0.25) is 4.79 Å². The molecule has 1 N–H and O–H groups in total. The summed E-state index contributed by atoms with van der Waals surface area (Å²) in [4.78, 5) is 19.0. The van der Waals surface area contributed by atoms with Crippen LogP contribution in [0.15, 0.2) is 5.38 Å². The Morgan fingerprint density at radius 3 is 2.86 bits per heavy atom. The van der Waals surface area contributed by atoms with Gasteiger partial charge in [-0.2, -0.15) is 0 Å². The van der Waals surface area contributed by atoms with Crippen molar-refractivity contribution in [3.05, 3.63) is 16.1 Å². The lowest BCUT2D eigenvalue weighted by Gasteiger charge is -2.37. The van der Waals surface area contributed by atoms with E-state index >= 15 is 0 Å². The van der Waals surface area contributed by atoms with E-state index in [4.69, 9.17) is 4.98 Å². The number of thiazole rings is 1. The monoisotopic (exact) mass is 319 g/mol. The van der Waals surface area contributed by atoms with Gasteiger partial charge in [0.25, 0.3) is 0 Å². The first-order valence-corrected chi connectivity index (χ1v) is 9.55. The number of hydrogen-bond donors (Lipinski definition) is 1. The fourth-order valence-electron chi connectivity index (χ4n) is 3.39. The Morgan fingerprint density at radius 2 is 2.18 bits per heavy atom. The molecule has 0 bridgehead atoms. The van der Waals surface area contributed by atoms with Crippen molar-refractivity contribution in [1.82, 2.24) is 15.2 Å². The van der Waals surface area contributed by atoms with Crippen LogP contribution in [0.3, 0.4) is 0 Å². The fourth-order valence-corrected chi connectivity index (χ4v) is 4.39. The highest BCUT2D eigenvalue weighted by Gasteiger charge is 2.36. The van der Waals surface area contributed by atoms with Gasteiger partial charge in [0.1, 0.15) is 0 Å². The quantitative estimate of drug-likeness (QED) is 0.908. The van der Waals surface area contributed by atoms with Crippen molar-refractivity contribution >= 4 is 17.2 Å². The number of rotatable bonds is 5. The number of aromatic nitrogens is 1. The van der Waals surface area contributed by atoms with E-state index in [0.717, 1.165) is 44.8 Å². The normalized spacial score (nSPS) is 28.9. The van der Waals surface area contributed by atoms with Crippen LogP contribution in [-0.2, 0) is 11.3 Å². The minimum Gasteiger partial charge on any atom is -0.342 e. The first-order valence-electron chi connectivity index (χ1n) is 8.67. The SMILES string of the molecule is C[C@H]1CN(C(=O)C2CC2)CC[C@@H]1NCc1csc(C2CC2)n1. The highest BCUT2D eigenvalue weighted by Crippen LogP contribution is 2.41. The molecule has 120 valence electrons. The standard InChI is InChI=1S/C17H25N3OS/c1-11-9-20(17(21)13-4-5-13)7-6-15(11)18-8-14-10-22-16(19-14)12-2-3-12/h10-13,15,18H,2-9H2,1H3/t11-,15-/m0/s1. The molecule has 3 fully saturated rings. The van der Waals surface area contributed by atoms with Gasteiger partial charge in [-0.15, -0.1) is 11.3 Å². The van der Waals surface area contributed by atoms with Gasteiger partial charge in [0.05, 0.1) is 10.7 Å². The van der Waals surface area contributed by atoms with E-state index in [1.165, 1.54) is 23.5 Å².